The van der Waals surface area contributed by atoms with Crippen LogP contribution in [0.15, 0.2) is 54.7 Å². The maximum atomic E-state index is 12.8. The first-order valence-electron chi connectivity index (χ1n) is 10.7. The highest BCUT2D eigenvalue weighted by atomic mass is 35.5. The molecule has 5 rings (SSSR count). The Morgan fingerprint density at radius 1 is 0.903 bits per heavy atom. The Labute approximate surface area is 192 Å². The third kappa shape index (κ3) is 4.22. The number of pyridine rings is 1. The topological polar surface area (TPSA) is 39.7 Å². The van der Waals surface area contributed by atoms with Gasteiger partial charge in [0, 0.05) is 72.5 Å². The molecule has 1 amide bonds. The Bertz CT molecular complexity index is 1100. The minimum absolute atomic E-state index is 0.0939. The zero-order valence-electron chi connectivity index (χ0n) is 17.2. The van der Waals surface area contributed by atoms with E-state index in [0.29, 0.717) is 16.6 Å². The molecule has 2 aromatic carbocycles. The van der Waals surface area contributed by atoms with Crippen LogP contribution in [-0.4, -0.2) is 66.0 Å². The molecule has 31 heavy (non-hydrogen) atoms. The van der Waals surface area contributed by atoms with E-state index in [2.05, 4.69) is 20.9 Å². The van der Waals surface area contributed by atoms with E-state index in [1.54, 1.807) is 24.3 Å². The third-order valence-corrected chi connectivity index (χ3v) is 6.86. The fourth-order valence-electron chi connectivity index (χ4n) is 4.68. The van der Waals surface area contributed by atoms with Crippen molar-refractivity contribution in [2.45, 2.75) is 12.5 Å². The molecule has 0 radical (unpaired) electrons. The Morgan fingerprint density at radius 2 is 1.65 bits per heavy atom. The van der Waals surface area contributed by atoms with Crippen molar-refractivity contribution in [3.63, 3.8) is 0 Å². The predicted molar refractivity (Wildman–Crippen MR) is 126 cm³/mol. The van der Waals surface area contributed by atoms with Crippen LogP contribution in [-0.2, 0) is 0 Å². The van der Waals surface area contributed by atoms with E-state index in [0.717, 1.165) is 67.3 Å². The predicted octanol–water partition coefficient (Wildman–Crippen LogP) is 4.58. The highest BCUT2D eigenvalue weighted by Gasteiger charge is 2.32. The van der Waals surface area contributed by atoms with Crippen LogP contribution in [0.25, 0.3) is 10.8 Å². The molecule has 2 fully saturated rings. The standard InChI is InChI=1S/C24H24Cl2N4O/c25-19-3-1-17(2-4-19)24(31)30-10-8-21(16-30)28-11-13-29(14-12-28)23-22-6-5-20(26)15-18(22)7-9-27-23/h1-7,9,15,21H,8,10-14,16H2/t21-/m0/s1. The summed E-state index contributed by atoms with van der Waals surface area (Å²) in [6, 6.07) is 15.6. The molecule has 0 unspecified atom stereocenters. The van der Waals surface area contributed by atoms with E-state index < -0.39 is 0 Å². The van der Waals surface area contributed by atoms with Gasteiger partial charge in [-0.3, -0.25) is 9.69 Å². The highest BCUT2D eigenvalue weighted by molar-refractivity contribution is 6.31. The number of aromatic nitrogens is 1. The first-order valence-corrected chi connectivity index (χ1v) is 11.4. The van der Waals surface area contributed by atoms with Crippen molar-refractivity contribution in [3.05, 3.63) is 70.3 Å². The van der Waals surface area contributed by atoms with Crippen LogP contribution in [0.2, 0.25) is 10.0 Å². The molecule has 7 heteroatoms. The van der Waals surface area contributed by atoms with E-state index >= 15 is 0 Å². The smallest absolute Gasteiger partial charge is 0.253 e. The van der Waals surface area contributed by atoms with Crippen LogP contribution < -0.4 is 4.90 Å². The number of fused-ring (bicyclic) bond motifs is 1. The summed E-state index contributed by atoms with van der Waals surface area (Å²) in [5.74, 6) is 1.12. The highest BCUT2D eigenvalue weighted by Crippen LogP contribution is 2.28. The molecule has 160 valence electrons. The van der Waals surface area contributed by atoms with Crippen LogP contribution >= 0.6 is 23.2 Å². The van der Waals surface area contributed by atoms with Crippen molar-refractivity contribution < 1.29 is 4.79 Å². The number of rotatable bonds is 3. The summed E-state index contributed by atoms with van der Waals surface area (Å²) in [6.07, 6.45) is 2.88. The molecule has 0 saturated carbocycles. The van der Waals surface area contributed by atoms with Crippen LogP contribution in [0.5, 0.6) is 0 Å². The van der Waals surface area contributed by atoms with Crippen LogP contribution in [0, 0.1) is 0 Å². The molecule has 0 bridgehead atoms. The van der Waals surface area contributed by atoms with Gasteiger partial charge in [-0.25, -0.2) is 4.98 Å². The second-order valence-electron chi connectivity index (χ2n) is 8.22. The molecule has 2 saturated heterocycles. The van der Waals surface area contributed by atoms with Crippen LogP contribution in [0.1, 0.15) is 16.8 Å². The Morgan fingerprint density at radius 3 is 2.42 bits per heavy atom. The number of piperazine rings is 1. The normalized spacial score (nSPS) is 19.9. The average Bonchev–Trinajstić information content (AvgIpc) is 3.29. The number of anilines is 1. The van der Waals surface area contributed by atoms with Crippen molar-refractivity contribution in [2.24, 2.45) is 0 Å². The molecule has 1 aromatic heterocycles. The number of amides is 1. The van der Waals surface area contributed by atoms with Gasteiger partial charge in [0.2, 0.25) is 0 Å². The van der Waals surface area contributed by atoms with Crippen molar-refractivity contribution in [1.29, 1.82) is 0 Å². The van der Waals surface area contributed by atoms with E-state index in [1.165, 1.54) is 0 Å². The maximum Gasteiger partial charge on any atom is 0.253 e. The summed E-state index contributed by atoms with van der Waals surface area (Å²) >= 11 is 12.1. The number of benzene rings is 2. The summed E-state index contributed by atoms with van der Waals surface area (Å²) in [7, 11) is 0. The number of nitrogens with zero attached hydrogens (tertiary/aromatic N) is 4. The largest absolute Gasteiger partial charge is 0.354 e. The average molecular weight is 455 g/mol. The lowest BCUT2D eigenvalue weighted by molar-refractivity contribution is 0.0775. The molecule has 0 N–H and O–H groups in total. The van der Waals surface area contributed by atoms with Gasteiger partial charge >= 0.3 is 0 Å². The number of hydrogen-bond donors (Lipinski definition) is 0. The molecule has 0 aliphatic carbocycles. The number of halogens is 2. The Kier molecular flexibility index (Phi) is 5.74. The second kappa shape index (κ2) is 8.65. The lowest BCUT2D eigenvalue weighted by Gasteiger charge is -2.38. The molecule has 3 aromatic rings. The van der Waals surface area contributed by atoms with Crippen molar-refractivity contribution in [3.8, 4) is 0 Å². The Hall–Kier alpha value is -2.34. The van der Waals surface area contributed by atoms with Gasteiger partial charge in [-0.2, -0.15) is 0 Å². The lowest BCUT2D eigenvalue weighted by atomic mass is 10.1. The third-order valence-electron chi connectivity index (χ3n) is 6.38. The van der Waals surface area contributed by atoms with Gasteiger partial charge in [-0.1, -0.05) is 23.2 Å². The second-order valence-corrected chi connectivity index (χ2v) is 9.10. The number of hydrogen-bond acceptors (Lipinski definition) is 4. The molecule has 2 aliphatic heterocycles. The fraction of sp³-hybridized carbons (Fsp3) is 0.333. The molecular formula is C24H24Cl2N4O. The summed E-state index contributed by atoms with van der Waals surface area (Å²) in [5.41, 5.74) is 0.706. The minimum atomic E-state index is 0.0939. The van der Waals surface area contributed by atoms with E-state index in [-0.39, 0.29) is 5.91 Å². The monoisotopic (exact) mass is 454 g/mol. The van der Waals surface area contributed by atoms with Gasteiger partial charge in [0.25, 0.3) is 5.91 Å². The zero-order chi connectivity index (χ0) is 21.4. The van der Waals surface area contributed by atoms with Gasteiger partial charge in [-0.05, 0) is 60.3 Å². The molecular weight excluding hydrogens is 431 g/mol. The van der Waals surface area contributed by atoms with Crippen LogP contribution in [0.3, 0.4) is 0 Å². The SMILES string of the molecule is O=C(c1ccc(Cl)cc1)N1CC[C@H](N2CCN(c3nccc4cc(Cl)ccc34)CC2)C1. The number of carbonyl (C=O) groups excluding carboxylic acids is 1. The zero-order valence-corrected chi connectivity index (χ0v) is 18.7. The fourth-order valence-corrected chi connectivity index (χ4v) is 4.99. The molecule has 5 nitrogen and oxygen atoms in total. The van der Waals surface area contributed by atoms with Gasteiger partial charge < -0.3 is 9.80 Å². The summed E-state index contributed by atoms with van der Waals surface area (Å²) in [4.78, 5) is 24.3. The number of likely N-dealkylation sites (tertiary alicyclic amines) is 1. The van der Waals surface area contributed by atoms with Gasteiger partial charge in [0.15, 0.2) is 0 Å². The van der Waals surface area contributed by atoms with Crippen LogP contribution in [0.4, 0.5) is 5.82 Å². The van der Waals surface area contributed by atoms with Gasteiger partial charge in [-0.15, -0.1) is 0 Å². The quantitative estimate of drug-likeness (QED) is 0.580. The van der Waals surface area contributed by atoms with Gasteiger partial charge in [0.05, 0.1) is 0 Å². The van der Waals surface area contributed by atoms with Crippen molar-refractivity contribution in [2.75, 3.05) is 44.2 Å². The number of carbonyl (C=O) groups is 1. The first kappa shape index (κ1) is 20.6. The molecule has 1 atom stereocenters. The maximum absolute atomic E-state index is 12.8. The van der Waals surface area contributed by atoms with E-state index in [1.807, 2.05) is 29.3 Å². The van der Waals surface area contributed by atoms with E-state index in [4.69, 9.17) is 23.2 Å². The minimum Gasteiger partial charge on any atom is -0.354 e. The summed E-state index contributed by atoms with van der Waals surface area (Å²) in [6.45, 7) is 5.38. The van der Waals surface area contributed by atoms with Crippen molar-refractivity contribution in [1.82, 2.24) is 14.8 Å². The summed E-state index contributed by atoms with van der Waals surface area (Å²) in [5, 5.41) is 3.65. The molecule has 2 aliphatic rings. The van der Waals surface area contributed by atoms with E-state index in [9.17, 15) is 4.79 Å². The molecule has 3 heterocycles. The Balaban J connectivity index is 1.22. The summed E-state index contributed by atoms with van der Waals surface area (Å²) < 4.78 is 0. The molecule has 0 spiro atoms. The van der Waals surface area contributed by atoms with Crippen molar-refractivity contribution >= 4 is 45.7 Å². The van der Waals surface area contributed by atoms with Gasteiger partial charge in [0.1, 0.15) is 5.82 Å². The first-order chi connectivity index (χ1) is 15.1. The lowest BCUT2D eigenvalue weighted by Crippen LogP contribution is -2.51.